The van der Waals surface area contributed by atoms with E-state index in [9.17, 15) is 0 Å². The van der Waals surface area contributed by atoms with E-state index in [1.165, 1.54) is 11.1 Å². The molecule has 0 radical (unpaired) electrons. The van der Waals surface area contributed by atoms with Crippen molar-refractivity contribution < 1.29 is 10.2 Å². The summed E-state index contributed by atoms with van der Waals surface area (Å²) in [5.41, 5.74) is 2.55. The lowest BCUT2D eigenvalue weighted by molar-refractivity contribution is 0.414. The predicted molar refractivity (Wildman–Crippen MR) is 135 cm³/mol. The minimum Gasteiger partial charge on any atom is -0.513 e. The van der Waals surface area contributed by atoms with Crippen molar-refractivity contribution in [1.29, 1.82) is 0 Å². The van der Waals surface area contributed by atoms with Gasteiger partial charge in [-0.1, -0.05) is 99.7 Å². The van der Waals surface area contributed by atoms with Crippen LogP contribution in [0.1, 0.15) is 54.0 Å². The van der Waals surface area contributed by atoms with Gasteiger partial charge < -0.3 is 10.2 Å². The number of allylic oxidation sites excluding steroid dienone is 8. The van der Waals surface area contributed by atoms with Gasteiger partial charge in [0.05, 0.1) is 5.76 Å². The minimum atomic E-state index is 0.322. The molecule has 0 fully saturated rings. The molecule has 0 aliphatic heterocycles. The van der Waals surface area contributed by atoms with Crippen molar-refractivity contribution in [3.8, 4) is 5.75 Å². The molecule has 2 N–H and O–H groups in total. The molecule has 30 heavy (non-hydrogen) atoms. The molecule has 2 aromatic rings. The van der Waals surface area contributed by atoms with Gasteiger partial charge in [0, 0.05) is 0 Å². The van der Waals surface area contributed by atoms with E-state index in [4.69, 9.17) is 10.2 Å². The molecule has 0 saturated carbocycles. The van der Waals surface area contributed by atoms with E-state index in [1.54, 1.807) is 43.3 Å². The van der Waals surface area contributed by atoms with Crippen LogP contribution >= 0.6 is 0 Å². The largest absolute Gasteiger partial charge is 0.513 e. The third kappa shape index (κ3) is 21.3. The second-order valence-electron chi connectivity index (χ2n) is 7.01. The Kier molecular flexibility index (Phi) is 20.2. The summed E-state index contributed by atoms with van der Waals surface area (Å²) in [5, 5.41) is 17.1. The number of benzene rings is 2. The number of hydrogen-bond donors (Lipinski definition) is 2. The molecule has 2 nitrogen and oxygen atoms in total. The van der Waals surface area contributed by atoms with Gasteiger partial charge in [-0.15, -0.1) is 0 Å². The van der Waals surface area contributed by atoms with E-state index in [0.717, 1.165) is 5.92 Å². The second kappa shape index (κ2) is 20.7. The Morgan fingerprint density at radius 2 is 1.27 bits per heavy atom. The fourth-order valence-corrected chi connectivity index (χ4v) is 1.83. The van der Waals surface area contributed by atoms with Gasteiger partial charge in [-0.3, -0.25) is 0 Å². The van der Waals surface area contributed by atoms with E-state index in [0.29, 0.717) is 11.5 Å². The van der Waals surface area contributed by atoms with Gasteiger partial charge in [-0.2, -0.15) is 0 Å². The number of hydrogen-bond acceptors (Lipinski definition) is 2. The highest BCUT2D eigenvalue weighted by atomic mass is 16.3. The Morgan fingerprint density at radius 3 is 1.53 bits per heavy atom. The number of para-hydroxylation sites is 1. The van der Waals surface area contributed by atoms with Gasteiger partial charge >= 0.3 is 0 Å². The Morgan fingerprint density at radius 1 is 0.800 bits per heavy atom. The first-order valence-corrected chi connectivity index (χ1v) is 10.3. The number of phenolic OH excluding ortho intramolecular Hbond substituents is 1. The molecular weight excluding hydrogens is 368 g/mol. The van der Waals surface area contributed by atoms with Crippen molar-refractivity contribution in [3.63, 3.8) is 0 Å². The predicted octanol–water partition coefficient (Wildman–Crippen LogP) is 8.74. The summed E-state index contributed by atoms with van der Waals surface area (Å²) in [5.74, 6) is 1.50. The van der Waals surface area contributed by atoms with Crippen LogP contribution in [0, 0.1) is 5.92 Å². The first-order valence-electron chi connectivity index (χ1n) is 10.3. The van der Waals surface area contributed by atoms with Crippen molar-refractivity contribution in [2.75, 3.05) is 0 Å². The van der Waals surface area contributed by atoms with Crippen molar-refractivity contribution in [2.45, 2.75) is 48.5 Å². The topological polar surface area (TPSA) is 40.5 Å². The van der Waals surface area contributed by atoms with E-state index < -0.39 is 0 Å². The SMILES string of the molecule is C/C=C\C(=C/C)c1ccccc1.C/C=C\C=C(/C)O.CC(C)C.Oc1ccccc1. The Balaban J connectivity index is 0. The highest BCUT2D eigenvalue weighted by molar-refractivity contribution is 5.73. The average molecular weight is 409 g/mol. The lowest BCUT2D eigenvalue weighted by atomic mass is 10.1. The van der Waals surface area contributed by atoms with Crippen molar-refractivity contribution in [2.24, 2.45) is 5.92 Å². The van der Waals surface area contributed by atoms with Gasteiger partial charge in [0.15, 0.2) is 0 Å². The summed E-state index contributed by atoms with van der Waals surface area (Å²) in [6.45, 7) is 14.1. The number of aliphatic hydroxyl groups excluding tert-OH is 1. The third-order valence-electron chi connectivity index (χ3n) is 3.05. The van der Waals surface area contributed by atoms with Gasteiger partial charge in [0.2, 0.25) is 0 Å². The average Bonchev–Trinajstić information content (AvgIpc) is 2.72. The zero-order valence-electron chi connectivity index (χ0n) is 19.7. The van der Waals surface area contributed by atoms with Crippen LogP contribution in [-0.4, -0.2) is 10.2 Å². The molecule has 2 heteroatoms. The molecule has 0 spiro atoms. The Labute approximate surface area is 184 Å². The third-order valence-corrected chi connectivity index (χ3v) is 3.05. The number of rotatable bonds is 3. The maximum absolute atomic E-state index is 8.63. The van der Waals surface area contributed by atoms with Crippen molar-refractivity contribution in [1.82, 2.24) is 0 Å². The molecule has 2 rings (SSSR count). The highest BCUT2D eigenvalue weighted by Crippen LogP contribution is 2.14. The molecule has 0 aromatic heterocycles. The molecule has 164 valence electrons. The number of phenols is 1. The lowest BCUT2D eigenvalue weighted by Gasteiger charge is -1.99. The van der Waals surface area contributed by atoms with E-state index >= 15 is 0 Å². The van der Waals surface area contributed by atoms with Gasteiger partial charge in [-0.05, 0) is 63.0 Å². The lowest BCUT2D eigenvalue weighted by Crippen LogP contribution is -1.77. The molecular formula is C28H40O2. The molecule has 0 atom stereocenters. The van der Waals surface area contributed by atoms with E-state index in [1.807, 2.05) is 32.1 Å². The minimum absolute atomic E-state index is 0.322. The highest BCUT2D eigenvalue weighted by Gasteiger charge is 1.92. The van der Waals surface area contributed by atoms with Crippen molar-refractivity contribution >= 4 is 5.57 Å². The van der Waals surface area contributed by atoms with Crippen LogP contribution in [0.3, 0.4) is 0 Å². The van der Waals surface area contributed by atoms with Crippen LogP contribution in [0.15, 0.2) is 103 Å². The van der Waals surface area contributed by atoms with Gasteiger partial charge in [0.1, 0.15) is 5.75 Å². The second-order valence-corrected chi connectivity index (χ2v) is 7.01. The van der Waals surface area contributed by atoms with Crippen LogP contribution in [-0.2, 0) is 0 Å². The molecule has 0 aliphatic carbocycles. The first kappa shape index (κ1) is 29.2. The van der Waals surface area contributed by atoms with E-state index in [-0.39, 0.29) is 0 Å². The summed E-state index contributed by atoms with van der Waals surface area (Å²) < 4.78 is 0. The summed E-state index contributed by atoms with van der Waals surface area (Å²) in [6, 6.07) is 19.1. The van der Waals surface area contributed by atoms with Crippen LogP contribution < -0.4 is 0 Å². The normalized spacial score (nSPS) is 11.2. The van der Waals surface area contributed by atoms with Crippen LogP contribution in [0.25, 0.3) is 5.57 Å². The summed E-state index contributed by atoms with van der Waals surface area (Å²) in [6.07, 6.45) is 11.6. The molecule has 0 aliphatic rings. The summed E-state index contributed by atoms with van der Waals surface area (Å²) >= 11 is 0. The molecule has 0 amide bonds. The molecule has 0 saturated heterocycles. The quantitative estimate of drug-likeness (QED) is 0.393. The number of aliphatic hydroxyl groups is 1. The summed E-state index contributed by atoms with van der Waals surface area (Å²) in [7, 11) is 0. The Hall–Kier alpha value is -3.00. The Bertz CT molecular complexity index is 730. The zero-order valence-corrected chi connectivity index (χ0v) is 19.7. The smallest absolute Gasteiger partial charge is 0.115 e. The molecule has 0 bridgehead atoms. The monoisotopic (exact) mass is 408 g/mol. The maximum Gasteiger partial charge on any atom is 0.115 e. The van der Waals surface area contributed by atoms with Crippen LogP contribution in [0.5, 0.6) is 5.75 Å². The van der Waals surface area contributed by atoms with Crippen molar-refractivity contribution in [3.05, 3.63) is 108 Å². The van der Waals surface area contributed by atoms with Gasteiger partial charge in [0.25, 0.3) is 0 Å². The van der Waals surface area contributed by atoms with Crippen LogP contribution in [0.2, 0.25) is 0 Å². The maximum atomic E-state index is 8.63. The van der Waals surface area contributed by atoms with E-state index in [2.05, 4.69) is 70.2 Å². The van der Waals surface area contributed by atoms with Crippen LogP contribution in [0.4, 0.5) is 0 Å². The fourth-order valence-electron chi connectivity index (χ4n) is 1.83. The van der Waals surface area contributed by atoms with Gasteiger partial charge in [-0.25, -0.2) is 0 Å². The molecule has 0 heterocycles. The number of aromatic hydroxyl groups is 1. The molecule has 0 unspecified atom stereocenters. The zero-order chi connectivity index (χ0) is 23.2. The first-order chi connectivity index (χ1) is 14.3. The molecule has 2 aromatic carbocycles. The standard InChI is InChI=1S/C12H14.C6H6O.C6H10O.C4H10/c1-3-8-11(4-2)12-9-6-5-7-10-12;7-6-4-2-1-3-5-6;1-3-4-5-6(2)7;1-4(2)3/h3-10H,1-2H3;1-5,7H;3-5,7H,1-2H3;4H,1-3H3/b8-3-,11-4+;;4-3-,6-5+;. The summed E-state index contributed by atoms with van der Waals surface area (Å²) in [4.78, 5) is 0. The fraction of sp³-hybridized carbons (Fsp3) is 0.286.